The third-order valence-electron chi connectivity index (χ3n) is 0.289. The zero-order valence-electron chi connectivity index (χ0n) is 3.81. The lowest BCUT2D eigenvalue weighted by atomic mass is 10.5. The first kappa shape index (κ1) is 15.9. The first-order valence-corrected chi connectivity index (χ1v) is 1.52. The molecule has 0 atom stereocenters. The predicted molar refractivity (Wildman–Crippen MR) is 41.1 cm³/mol. The first-order valence-electron chi connectivity index (χ1n) is 1.52. The second-order valence-electron chi connectivity index (χ2n) is 0.697. The molecule has 0 nitrogen and oxygen atoms in total. The van der Waals surface area contributed by atoms with Gasteiger partial charge in [-0.25, -0.2) is 0 Å². The van der Waals surface area contributed by atoms with Crippen molar-refractivity contribution in [2.45, 2.75) is 13.3 Å². The molecule has 0 aliphatic carbocycles. The highest BCUT2D eigenvalue weighted by molar-refractivity contribution is 8.93. The quantitative estimate of drug-likeness (QED) is 0.593. The first-order chi connectivity index (χ1) is 1.91. The maximum atomic E-state index is 3.48. The zero-order chi connectivity index (χ0) is 3.41. The van der Waals surface area contributed by atoms with Gasteiger partial charge >= 0.3 is 0 Å². The Labute approximate surface area is 60.2 Å². The Kier molecular flexibility index (Phi) is 45.8. The summed E-state index contributed by atoms with van der Waals surface area (Å²) in [4.78, 5) is 0. The average Bonchev–Trinajstić information content (AvgIpc) is 1.37. The number of hydrogen-bond donors (Lipinski definition) is 0. The molecule has 0 bridgehead atoms. The summed E-state index contributed by atoms with van der Waals surface area (Å²) in [5, 5.41) is 0. The van der Waals surface area contributed by atoms with Crippen LogP contribution in [-0.4, -0.2) is 0 Å². The van der Waals surface area contributed by atoms with Crippen LogP contribution < -0.4 is 0 Å². The van der Waals surface area contributed by atoms with E-state index in [4.69, 9.17) is 0 Å². The van der Waals surface area contributed by atoms with Crippen LogP contribution in [0.4, 0.5) is 0 Å². The molecule has 0 aromatic carbocycles. The van der Waals surface area contributed by atoms with Crippen LogP contribution in [-0.2, 0) is 0 Å². The molecule has 0 heterocycles. The molecule has 0 amide bonds. The van der Waals surface area contributed by atoms with Crippen LogP contribution >= 0.6 is 34.0 Å². The third kappa shape index (κ3) is 22.3. The number of halogens is 2. The fraction of sp³-hybridized carbons (Fsp3) is 0.500. The van der Waals surface area contributed by atoms with E-state index in [1.807, 2.05) is 6.08 Å². The molecule has 0 unspecified atom stereocenters. The minimum absolute atomic E-state index is 0. The lowest BCUT2D eigenvalue weighted by Crippen LogP contribution is -1.36. The summed E-state index contributed by atoms with van der Waals surface area (Å²) in [6.45, 7) is 5.54. The van der Waals surface area contributed by atoms with Gasteiger partial charge in [0.15, 0.2) is 0 Å². The molecule has 0 aliphatic heterocycles. The highest BCUT2D eigenvalue weighted by Gasteiger charge is 1.45. The molecule has 0 rings (SSSR count). The van der Waals surface area contributed by atoms with Crippen molar-refractivity contribution in [3.63, 3.8) is 0 Å². The van der Waals surface area contributed by atoms with Crippen molar-refractivity contribution in [3.05, 3.63) is 12.7 Å². The smallest absolute Gasteiger partial charge is 0.0382 e. The van der Waals surface area contributed by atoms with Gasteiger partial charge in [-0.2, -0.15) is 0 Å². The van der Waals surface area contributed by atoms with Crippen LogP contribution in [0, 0.1) is 0 Å². The van der Waals surface area contributed by atoms with Crippen molar-refractivity contribution >= 4 is 34.0 Å². The Morgan fingerprint density at radius 2 is 1.67 bits per heavy atom. The zero-order valence-corrected chi connectivity index (χ0v) is 7.23. The van der Waals surface area contributed by atoms with Gasteiger partial charge in [0.05, 0.1) is 0 Å². The Hall–Kier alpha value is 0.700. The number of allylic oxidation sites excluding steroid dienone is 1. The SMILES string of the molecule is Br.Br.C=CCC. The van der Waals surface area contributed by atoms with E-state index in [0.717, 1.165) is 6.42 Å². The molecular formula is C4H10Br2. The van der Waals surface area contributed by atoms with Gasteiger partial charge < -0.3 is 0 Å². The fourth-order valence-corrected chi connectivity index (χ4v) is 0. The summed E-state index contributed by atoms with van der Waals surface area (Å²) in [5.41, 5.74) is 0. The van der Waals surface area contributed by atoms with Crippen molar-refractivity contribution < 1.29 is 0 Å². The fourth-order valence-electron chi connectivity index (χ4n) is 0. The molecule has 0 saturated carbocycles. The Morgan fingerprint density at radius 3 is 1.67 bits per heavy atom. The Balaban J connectivity index is -0.0000000450. The van der Waals surface area contributed by atoms with E-state index >= 15 is 0 Å². The summed E-state index contributed by atoms with van der Waals surface area (Å²) in [6, 6.07) is 0. The monoisotopic (exact) mass is 216 g/mol. The topological polar surface area (TPSA) is 0 Å². The second kappa shape index (κ2) is 17.3. The predicted octanol–water partition coefficient (Wildman–Crippen LogP) is 2.74. The van der Waals surface area contributed by atoms with E-state index in [9.17, 15) is 0 Å². The van der Waals surface area contributed by atoms with Gasteiger partial charge in [-0.15, -0.1) is 40.5 Å². The molecule has 40 valence electrons. The molecule has 0 aliphatic rings. The van der Waals surface area contributed by atoms with Gasteiger partial charge in [-0.05, 0) is 6.42 Å². The van der Waals surface area contributed by atoms with E-state index in [1.165, 1.54) is 0 Å². The van der Waals surface area contributed by atoms with Crippen molar-refractivity contribution in [3.8, 4) is 0 Å². The molecule has 0 aromatic rings. The summed E-state index contributed by atoms with van der Waals surface area (Å²) in [6.07, 6.45) is 2.96. The summed E-state index contributed by atoms with van der Waals surface area (Å²) >= 11 is 0. The van der Waals surface area contributed by atoms with Gasteiger partial charge in [-0.3, -0.25) is 0 Å². The lowest BCUT2D eigenvalue weighted by Gasteiger charge is -1.57. The second-order valence-corrected chi connectivity index (χ2v) is 0.697. The molecule has 0 N–H and O–H groups in total. The third-order valence-corrected chi connectivity index (χ3v) is 0.289. The van der Waals surface area contributed by atoms with E-state index in [1.54, 1.807) is 0 Å². The van der Waals surface area contributed by atoms with E-state index < -0.39 is 0 Å². The summed E-state index contributed by atoms with van der Waals surface area (Å²) in [7, 11) is 0. The van der Waals surface area contributed by atoms with Crippen LogP contribution in [0.15, 0.2) is 12.7 Å². The van der Waals surface area contributed by atoms with E-state index in [-0.39, 0.29) is 34.0 Å². The van der Waals surface area contributed by atoms with Crippen LogP contribution in [0.2, 0.25) is 0 Å². The maximum absolute atomic E-state index is 3.48. The lowest BCUT2D eigenvalue weighted by molar-refractivity contribution is 1.23. The van der Waals surface area contributed by atoms with E-state index in [0.29, 0.717) is 0 Å². The van der Waals surface area contributed by atoms with Crippen LogP contribution in [0.3, 0.4) is 0 Å². The standard InChI is InChI=1S/C4H8.2BrH/c1-3-4-2;;/h3H,1,4H2,2H3;2*1H. The summed E-state index contributed by atoms with van der Waals surface area (Å²) in [5.74, 6) is 0. The highest BCUT2D eigenvalue weighted by Crippen LogP contribution is 1.66. The Bertz CT molecular complexity index is 19.5. The molecule has 0 aromatic heterocycles. The van der Waals surface area contributed by atoms with Crippen LogP contribution in [0.5, 0.6) is 0 Å². The normalized spacial score (nSPS) is 4.17. The van der Waals surface area contributed by atoms with Gasteiger partial charge in [0.25, 0.3) is 0 Å². The van der Waals surface area contributed by atoms with E-state index in [2.05, 4.69) is 13.5 Å². The summed E-state index contributed by atoms with van der Waals surface area (Å²) < 4.78 is 0. The molecule has 0 radical (unpaired) electrons. The molecule has 2 heteroatoms. The minimum Gasteiger partial charge on any atom is -0.114 e. The van der Waals surface area contributed by atoms with Gasteiger partial charge in [0, 0.05) is 0 Å². The van der Waals surface area contributed by atoms with Crippen LogP contribution in [0.1, 0.15) is 13.3 Å². The highest BCUT2D eigenvalue weighted by atomic mass is 79.9. The average molecular weight is 218 g/mol. The van der Waals surface area contributed by atoms with Gasteiger partial charge in [-0.1, -0.05) is 13.0 Å². The molecule has 6 heavy (non-hydrogen) atoms. The molecule has 0 saturated heterocycles. The number of hydrogen-bond acceptors (Lipinski definition) is 0. The van der Waals surface area contributed by atoms with Gasteiger partial charge in [0.1, 0.15) is 0 Å². The molecular weight excluding hydrogens is 208 g/mol. The van der Waals surface area contributed by atoms with Crippen molar-refractivity contribution in [2.75, 3.05) is 0 Å². The molecule has 0 spiro atoms. The minimum atomic E-state index is 0. The number of rotatable bonds is 1. The van der Waals surface area contributed by atoms with Crippen LogP contribution in [0.25, 0.3) is 0 Å². The molecule has 0 fully saturated rings. The van der Waals surface area contributed by atoms with Crippen molar-refractivity contribution in [1.82, 2.24) is 0 Å². The maximum Gasteiger partial charge on any atom is -0.0382 e. The Morgan fingerprint density at radius 1 is 1.50 bits per heavy atom. The van der Waals surface area contributed by atoms with Gasteiger partial charge in [0.2, 0.25) is 0 Å². The van der Waals surface area contributed by atoms with Crippen molar-refractivity contribution in [1.29, 1.82) is 0 Å². The van der Waals surface area contributed by atoms with Crippen molar-refractivity contribution in [2.24, 2.45) is 0 Å². The largest absolute Gasteiger partial charge is 0.114 e.